The molecule has 3 nitrogen and oxygen atoms in total. The summed E-state index contributed by atoms with van der Waals surface area (Å²) < 4.78 is 1.10. The molecule has 2 aliphatic rings. The lowest BCUT2D eigenvalue weighted by atomic mass is 9.87. The molecule has 0 unspecified atom stereocenters. The smallest absolute Gasteiger partial charge is 0.127 e. The Morgan fingerprint density at radius 1 is 1.00 bits per heavy atom. The summed E-state index contributed by atoms with van der Waals surface area (Å²) in [7, 11) is 0. The van der Waals surface area contributed by atoms with Gasteiger partial charge in [0.1, 0.15) is 5.84 Å². The summed E-state index contributed by atoms with van der Waals surface area (Å²) >= 11 is 5.52. The molecule has 124 valence electrons. The Labute approximate surface area is 155 Å². The van der Waals surface area contributed by atoms with Crippen LogP contribution in [0.3, 0.4) is 0 Å². The maximum absolute atomic E-state index is 4.98. The largest absolute Gasteiger partial charge is 0.371 e. The molecule has 5 heteroatoms. The number of nitrogens with zero attached hydrogens (tertiary/aromatic N) is 1. The minimum Gasteiger partial charge on any atom is -0.371 e. The van der Waals surface area contributed by atoms with Gasteiger partial charge in [0, 0.05) is 4.47 Å². The Bertz CT molecular complexity index is 751. The van der Waals surface area contributed by atoms with Gasteiger partial charge in [0.25, 0.3) is 0 Å². The number of thioether (sulfide) groups is 1. The van der Waals surface area contributed by atoms with Crippen LogP contribution in [-0.4, -0.2) is 22.9 Å². The summed E-state index contributed by atoms with van der Waals surface area (Å²) in [5.41, 5.74) is 3.49. The number of rotatable bonds is 2. The molecule has 0 aliphatic carbocycles. The third-order valence-electron chi connectivity index (χ3n) is 4.69. The number of hydrogen-bond donors (Lipinski definition) is 2. The fraction of sp³-hybridized carbons (Fsp3) is 0.316. The van der Waals surface area contributed by atoms with Crippen LogP contribution in [0.1, 0.15) is 18.4 Å². The molecule has 0 aromatic heterocycles. The summed E-state index contributed by atoms with van der Waals surface area (Å²) in [6, 6.07) is 16.8. The van der Waals surface area contributed by atoms with Crippen molar-refractivity contribution < 1.29 is 0 Å². The number of amidine groups is 1. The quantitative estimate of drug-likeness (QED) is 0.729. The average Bonchev–Trinajstić information content (AvgIpc) is 2.62. The van der Waals surface area contributed by atoms with Crippen LogP contribution in [0, 0.1) is 0 Å². The number of halogens is 1. The van der Waals surface area contributed by atoms with Crippen LogP contribution in [0.5, 0.6) is 0 Å². The van der Waals surface area contributed by atoms with Gasteiger partial charge in [-0.15, -0.1) is 0 Å². The number of aliphatic imine (C=N–C) groups is 1. The van der Waals surface area contributed by atoms with E-state index in [0.29, 0.717) is 6.54 Å². The van der Waals surface area contributed by atoms with E-state index in [2.05, 4.69) is 75.1 Å². The summed E-state index contributed by atoms with van der Waals surface area (Å²) in [6.45, 7) is 0.703. The molecule has 4 rings (SSSR count). The molecule has 1 spiro atoms. The van der Waals surface area contributed by atoms with Crippen LogP contribution in [0.2, 0.25) is 0 Å². The molecular weight excluding hydrogens is 382 g/mol. The predicted molar refractivity (Wildman–Crippen MR) is 108 cm³/mol. The summed E-state index contributed by atoms with van der Waals surface area (Å²) in [5.74, 6) is 3.44. The van der Waals surface area contributed by atoms with Crippen molar-refractivity contribution >= 4 is 44.9 Å². The summed E-state index contributed by atoms with van der Waals surface area (Å²) in [6.07, 6.45) is 2.22. The van der Waals surface area contributed by atoms with Crippen LogP contribution in [0.4, 0.5) is 11.4 Å². The van der Waals surface area contributed by atoms with Crippen LogP contribution in [0.15, 0.2) is 58.0 Å². The second kappa shape index (κ2) is 6.81. The summed E-state index contributed by atoms with van der Waals surface area (Å²) in [5, 5.41) is 7.40. The van der Waals surface area contributed by atoms with E-state index in [0.717, 1.165) is 28.8 Å². The van der Waals surface area contributed by atoms with Gasteiger partial charge < -0.3 is 10.6 Å². The zero-order valence-electron chi connectivity index (χ0n) is 13.4. The minimum atomic E-state index is -0.0467. The van der Waals surface area contributed by atoms with E-state index in [9.17, 15) is 0 Å². The molecule has 2 aromatic carbocycles. The molecule has 0 radical (unpaired) electrons. The van der Waals surface area contributed by atoms with Gasteiger partial charge >= 0.3 is 0 Å². The topological polar surface area (TPSA) is 36.4 Å². The zero-order chi connectivity index (χ0) is 16.4. The zero-order valence-corrected chi connectivity index (χ0v) is 15.8. The number of nitrogens with one attached hydrogen (secondary N) is 2. The van der Waals surface area contributed by atoms with Crippen molar-refractivity contribution in [2.45, 2.75) is 24.9 Å². The van der Waals surface area contributed by atoms with Crippen LogP contribution in [0.25, 0.3) is 0 Å². The van der Waals surface area contributed by atoms with E-state index in [4.69, 9.17) is 4.99 Å². The molecule has 2 aromatic rings. The minimum absolute atomic E-state index is 0.0467. The van der Waals surface area contributed by atoms with Gasteiger partial charge in [0.05, 0.1) is 23.5 Å². The predicted octanol–water partition coefficient (Wildman–Crippen LogP) is 5.15. The maximum Gasteiger partial charge on any atom is 0.127 e. The number of benzene rings is 2. The van der Waals surface area contributed by atoms with Crippen molar-refractivity contribution in [3.8, 4) is 0 Å². The molecule has 0 amide bonds. The molecule has 0 atom stereocenters. The highest BCUT2D eigenvalue weighted by molar-refractivity contribution is 9.10. The number of fused-ring (bicyclic) bond motifs is 1. The van der Waals surface area contributed by atoms with Gasteiger partial charge in [-0.1, -0.05) is 40.2 Å². The van der Waals surface area contributed by atoms with E-state index < -0.39 is 0 Å². The first-order valence-electron chi connectivity index (χ1n) is 8.27. The standard InChI is InChI=1S/C19H20BrN3S/c20-15-7-5-14(6-8-15)13-21-18-19(9-11-24-12-10-19)23-17-4-2-1-3-16(17)22-18/h1-8,23H,9-13H2,(H,21,22). The monoisotopic (exact) mass is 401 g/mol. The van der Waals surface area contributed by atoms with Gasteiger partial charge in [-0.25, -0.2) is 0 Å². The highest BCUT2D eigenvalue weighted by Gasteiger charge is 2.40. The Morgan fingerprint density at radius 3 is 2.46 bits per heavy atom. The molecular formula is C19H20BrN3S. The Kier molecular flexibility index (Phi) is 4.55. The lowest BCUT2D eigenvalue weighted by molar-refractivity contribution is 0.560. The lowest BCUT2D eigenvalue weighted by Gasteiger charge is -2.43. The van der Waals surface area contributed by atoms with Crippen molar-refractivity contribution in [1.82, 2.24) is 0 Å². The SMILES string of the molecule is Brc1ccc(CN=C2Nc3ccccc3NC23CCSCC3)cc1. The molecule has 0 saturated carbocycles. The van der Waals surface area contributed by atoms with E-state index in [1.807, 2.05) is 11.8 Å². The lowest BCUT2D eigenvalue weighted by Crippen LogP contribution is -2.54. The second-order valence-corrected chi connectivity index (χ2v) is 8.42. The van der Waals surface area contributed by atoms with Gasteiger partial charge in [-0.2, -0.15) is 11.8 Å². The van der Waals surface area contributed by atoms with Gasteiger partial charge in [-0.3, -0.25) is 4.99 Å². The van der Waals surface area contributed by atoms with Crippen molar-refractivity contribution in [2.24, 2.45) is 4.99 Å². The second-order valence-electron chi connectivity index (χ2n) is 6.28. The first kappa shape index (κ1) is 16.0. The molecule has 24 heavy (non-hydrogen) atoms. The van der Waals surface area contributed by atoms with E-state index in [-0.39, 0.29) is 5.54 Å². The summed E-state index contributed by atoms with van der Waals surface area (Å²) in [4.78, 5) is 4.98. The van der Waals surface area contributed by atoms with Crippen LogP contribution in [-0.2, 0) is 6.54 Å². The highest BCUT2D eigenvalue weighted by Crippen LogP contribution is 2.38. The van der Waals surface area contributed by atoms with Gasteiger partial charge in [0.15, 0.2) is 0 Å². The van der Waals surface area contributed by atoms with Crippen LogP contribution >= 0.6 is 27.7 Å². The van der Waals surface area contributed by atoms with Crippen LogP contribution < -0.4 is 10.6 Å². The molecule has 0 bridgehead atoms. The third-order valence-corrected chi connectivity index (χ3v) is 6.20. The maximum atomic E-state index is 4.98. The fourth-order valence-electron chi connectivity index (χ4n) is 3.30. The first-order valence-corrected chi connectivity index (χ1v) is 10.2. The van der Waals surface area contributed by atoms with Crippen molar-refractivity contribution in [3.05, 3.63) is 58.6 Å². The molecule has 2 aliphatic heterocycles. The van der Waals surface area contributed by atoms with Crippen molar-refractivity contribution in [1.29, 1.82) is 0 Å². The highest BCUT2D eigenvalue weighted by atomic mass is 79.9. The Morgan fingerprint density at radius 2 is 1.71 bits per heavy atom. The van der Waals surface area contributed by atoms with E-state index in [1.54, 1.807) is 0 Å². The molecule has 1 fully saturated rings. The third kappa shape index (κ3) is 3.20. The average molecular weight is 402 g/mol. The number of anilines is 2. The fourth-order valence-corrected chi connectivity index (χ4v) is 4.75. The number of hydrogen-bond acceptors (Lipinski definition) is 3. The molecule has 2 heterocycles. The van der Waals surface area contributed by atoms with Gasteiger partial charge in [0.2, 0.25) is 0 Å². The molecule has 1 saturated heterocycles. The van der Waals surface area contributed by atoms with E-state index in [1.165, 1.54) is 22.8 Å². The van der Waals surface area contributed by atoms with Crippen molar-refractivity contribution in [2.75, 3.05) is 22.1 Å². The number of para-hydroxylation sites is 2. The van der Waals surface area contributed by atoms with Crippen molar-refractivity contribution in [3.63, 3.8) is 0 Å². The Balaban J connectivity index is 1.65. The Hall–Kier alpha value is -1.46. The normalized spacial score (nSPS) is 20.3. The molecule has 2 N–H and O–H groups in total. The first-order chi connectivity index (χ1) is 11.8. The van der Waals surface area contributed by atoms with E-state index >= 15 is 0 Å². The van der Waals surface area contributed by atoms with Gasteiger partial charge in [-0.05, 0) is 54.2 Å².